The topological polar surface area (TPSA) is 65.5 Å². The number of piperidine rings is 1. The smallest absolute Gasteiger partial charge is 0.253 e. The Bertz CT molecular complexity index is 1090. The number of benzene rings is 1. The molecule has 2 aromatic rings. The van der Waals surface area contributed by atoms with Crippen LogP contribution in [0.5, 0.6) is 0 Å². The number of amides is 2. The van der Waals surface area contributed by atoms with Gasteiger partial charge in [-0.3, -0.25) is 14.6 Å². The Labute approximate surface area is 215 Å². The molecule has 0 spiro atoms. The fourth-order valence-electron chi connectivity index (χ4n) is 6.55. The molecule has 1 saturated carbocycles. The summed E-state index contributed by atoms with van der Waals surface area (Å²) in [5.74, 6) is 0.403. The lowest BCUT2D eigenvalue weighted by Gasteiger charge is -2.38. The predicted molar refractivity (Wildman–Crippen MR) is 143 cm³/mol. The molecule has 1 aromatic heterocycles. The first-order chi connectivity index (χ1) is 17.3. The number of nitrogens with zero attached hydrogens (tertiary/aromatic N) is 3. The van der Waals surface area contributed by atoms with Crippen LogP contribution >= 0.6 is 0 Å². The normalized spacial score (nSPS) is 22.2. The monoisotopic (exact) mass is 488 g/mol. The SMILES string of the molecule is CN(C(=O)c1ccc2c(c1)C(NC(=O)C1CCCCC1)CC2(C)C)C1CCN(c2ccncc2)CC1. The molecule has 192 valence electrons. The second-order valence-corrected chi connectivity index (χ2v) is 11.6. The van der Waals surface area contributed by atoms with Crippen LogP contribution in [0, 0.1) is 5.92 Å². The van der Waals surface area contributed by atoms with E-state index in [0.717, 1.165) is 69.2 Å². The van der Waals surface area contributed by atoms with Crippen LogP contribution < -0.4 is 10.2 Å². The van der Waals surface area contributed by atoms with Crippen LogP contribution in [0.3, 0.4) is 0 Å². The Kier molecular flexibility index (Phi) is 7.05. The third kappa shape index (κ3) is 5.00. The minimum Gasteiger partial charge on any atom is -0.371 e. The Morgan fingerprint density at radius 1 is 1.00 bits per heavy atom. The average Bonchev–Trinajstić information content (AvgIpc) is 3.17. The van der Waals surface area contributed by atoms with E-state index in [1.807, 2.05) is 42.5 Å². The van der Waals surface area contributed by atoms with Gasteiger partial charge in [-0.1, -0.05) is 39.2 Å². The van der Waals surface area contributed by atoms with Crippen LogP contribution in [-0.2, 0) is 10.2 Å². The molecule has 6 heteroatoms. The lowest BCUT2D eigenvalue weighted by Crippen LogP contribution is -2.45. The summed E-state index contributed by atoms with van der Waals surface area (Å²) in [5.41, 5.74) is 4.27. The van der Waals surface area contributed by atoms with Gasteiger partial charge in [0.15, 0.2) is 0 Å². The number of rotatable bonds is 5. The quantitative estimate of drug-likeness (QED) is 0.625. The van der Waals surface area contributed by atoms with Crippen molar-refractivity contribution in [3.05, 3.63) is 59.4 Å². The number of carbonyl (C=O) groups excluding carboxylic acids is 2. The van der Waals surface area contributed by atoms with Crippen molar-refractivity contribution in [3.63, 3.8) is 0 Å². The highest BCUT2D eigenvalue weighted by molar-refractivity contribution is 5.94. The van der Waals surface area contributed by atoms with E-state index in [2.05, 4.69) is 41.2 Å². The van der Waals surface area contributed by atoms with Crippen molar-refractivity contribution in [1.29, 1.82) is 0 Å². The van der Waals surface area contributed by atoms with Gasteiger partial charge in [-0.15, -0.1) is 0 Å². The molecule has 1 aromatic carbocycles. The first-order valence-corrected chi connectivity index (χ1v) is 13.7. The molecule has 6 nitrogen and oxygen atoms in total. The standard InChI is InChI=1S/C30H40N4O2/c1-30(2)20-27(32-28(35)21-7-5-4-6-8-21)25-19-22(9-10-26(25)30)29(36)33(3)23-13-17-34(18-14-23)24-11-15-31-16-12-24/h9-12,15-16,19,21,23,27H,4-8,13-14,17-18,20H2,1-3H3,(H,32,35). The number of hydrogen-bond donors (Lipinski definition) is 1. The molecule has 0 bridgehead atoms. The van der Waals surface area contributed by atoms with E-state index >= 15 is 0 Å². The highest BCUT2D eigenvalue weighted by atomic mass is 16.2. The van der Waals surface area contributed by atoms with E-state index < -0.39 is 0 Å². The molecule has 1 aliphatic heterocycles. The van der Waals surface area contributed by atoms with E-state index in [-0.39, 0.29) is 35.2 Å². The van der Waals surface area contributed by atoms with Crippen LogP contribution in [0.15, 0.2) is 42.7 Å². The third-order valence-corrected chi connectivity index (χ3v) is 8.77. The van der Waals surface area contributed by atoms with Crippen LogP contribution in [0.4, 0.5) is 5.69 Å². The van der Waals surface area contributed by atoms with Crippen molar-refractivity contribution in [3.8, 4) is 0 Å². The summed E-state index contributed by atoms with van der Waals surface area (Å²) < 4.78 is 0. The van der Waals surface area contributed by atoms with Crippen molar-refractivity contribution in [2.45, 2.75) is 82.7 Å². The van der Waals surface area contributed by atoms with Gasteiger partial charge in [-0.2, -0.15) is 0 Å². The number of fused-ring (bicyclic) bond motifs is 1. The maximum Gasteiger partial charge on any atom is 0.253 e. The van der Waals surface area contributed by atoms with Gasteiger partial charge in [-0.05, 0) is 72.9 Å². The lowest BCUT2D eigenvalue weighted by molar-refractivity contribution is -0.126. The summed E-state index contributed by atoms with van der Waals surface area (Å²) in [4.78, 5) is 35.0. The number of hydrogen-bond acceptors (Lipinski definition) is 4. The molecular weight excluding hydrogens is 448 g/mol. The van der Waals surface area contributed by atoms with Gasteiger partial charge >= 0.3 is 0 Å². The van der Waals surface area contributed by atoms with Gasteiger partial charge in [-0.25, -0.2) is 0 Å². The van der Waals surface area contributed by atoms with E-state index in [1.54, 1.807) is 0 Å². The molecule has 2 amide bonds. The van der Waals surface area contributed by atoms with E-state index in [0.29, 0.717) is 0 Å². The second-order valence-electron chi connectivity index (χ2n) is 11.6. The summed E-state index contributed by atoms with van der Waals surface area (Å²) in [7, 11) is 1.94. The zero-order valence-electron chi connectivity index (χ0n) is 22.0. The molecule has 36 heavy (non-hydrogen) atoms. The van der Waals surface area contributed by atoms with Crippen molar-refractivity contribution < 1.29 is 9.59 Å². The highest BCUT2D eigenvalue weighted by Gasteiger charge is 2.39. The third-order valence-electron chi connectivity index (χ3n) is 8.77. The first kappa shape index (κ1) is 24.8. The first-order valence-electron chi connectivity index (χ1n) is 13.7. The number of nitrogens with one attached hydrogen (secondary N) is 1. The maximum absolute atomic E-state index is 13.5. The van der Waals surface area contributed by atoms with E-state index in [4.69, 9.17) is 0 Å². The largest absolute Gasteiger partial charge is 0.371 e. The van der Waals surface area contributed by atoms with Crippen molar-refractivity contribution in [1.82, 2.24) is 15.2 Å². The molecule has 2 aliphatic carbocycles. The van der Waals surface area contributed by atoms with Gasteiger partial charge in [0.2, 0.25) is 5.91 Å². The summed E-state index contributed by atoms with van der Waals surface area (Å²) in [6.45, 7) is 6.34. The summed E-state index contributed by atoms with van der Waals surface area (Å²) >= 11 is 0. The molecule has 1 saturated heterocycles. The summed E-state index contributed by atoms with van der Waals surface area (Å²) in [6.07, 6.45) is 12.0. The Hall–Kier alpha value is -2.89. The zero-order chi connectivity index (χ0) is 25.3. The molecular formula is C30H40N4O2. The van der Waals surface area contributed by atoms with Gasteiger partial charge < -0.3 is 15.1 Å². The Balaban J connectivity index is 1.27. The predicted octanol–water partition coefficient (Wildman–Crippen LogP) is 5.24. The summed E-state index contributed by atoms with van der Waals surface area (Å²) in [5, 5.41) is 3.37. The fourth-order valence-corrected chi connectivity index (χ4v) is 6.55. The molecule has 3 aliphatic rings. The minimum absolute atomic E-state index is 0.0207. The van der Waals surface area contributed by atoms with Gasteiger partial charge in [0.05, 0.1) is 6.04 Å². The average molecular weight is 489 g/mol. The molecule has 0 radical (unpaired) electrons. The number of anilines is 1. The number of carbonyl (C=O) groups is 2. The Morgan fingerprint density at radius 3 is 2.39 bits per heavy atom. The van der Waals surface area contributed by atoms with Crippen LogP contribution in [0.25, 0.3) is 0 Å². The zero-order valence-corrected chi connectivity index (χ0v) is 22.0. The van der Waals surface area contributed by atoms with E-state index in [9.17, 15) is 9.59 Å². The molecule has 2 fully saturated rings. The van der Waals surface area contributed by atoms with Crippen LogP contribution in [-0.4, -0.2) is 47.9 Å². The lowest BCUT2D eigenvalue weighted by atomic mass is 9.86. The molecule has 5 rings (SSSR count). The molecule has 2 heterocycles. The van der Waals surface area contributed by atoms with E-state index in [1.165, 1.54) is 17.7 Å². The highest BCUT2D eigenvalue weighted by Crippen LogP contribution is 2.45. The van der Waals surface area contributed by atoms with Crippen molar-refractivity contribution in [2.75, 3.05) is 25.0 Å². The minimum atomic E-state index is -0.0221. The van der Waals surface area contributed by atoms with Gasteiger partial charge in [0, 0.05) is 55.7 Å². The van der Waals surface area contributed by atoms with Crippen molar-refractivity contribution in [2.24, 2.45) is 5.92 Å². The molecule has 1 atom stereocenters. The van der Waals surface area contributed by atoms with Gasteiger partial charge in [0.1, 0.15) is 0 Å². The maximum atomic E-state index is 13.5. The second kappa shape index (κ2) is 10.2. The van der Waals surface area contributed by atoms with Crippen LogP contribution in [0.2, 0.25) is 0 Å². The summed E-state index contributed by atoms with van der Waals surface area (Å²) in [6, 6.07) is 10.5. The van der Waals surface area contributed by atoms with Crippen LogP contribution in [0.1, 0.15) is 92.7 Å². The molecule has 1 unspecified atom stereocenters. The van der Waals surface area contributed by atoms with Gasteiger partial charge in [0.25, 0.3) is 5.91 Å². The number of aromatic nitrogens is 1. The number of pyridine rings is 1. The fraction of sp³-hybridized carbons (Fsp3) is 0.567. The van der Waals surface area contributed by atoms with Crippen molar-refractivity contribution >= 4 is 17.5 Å². The molecule has 1 N–H and O–H groups in total. The Morgan fingerprint density at radius 2 is 1.69 bits per heavy atom.